The van der Waals surface area contributed by atoms with Gasteiger partial charge in [-0.3, -0.25) is 0 Å². The summed E-state index contributed by atoms with van der Waals surface area (Å²) >= 11 is 5.30. The van der Waals surface area contributed by atoms with Gasteiger partial charge in [-0.1, -0.05) is 0 Å². The van der Waals surface area contributed by atoms with E-state index in [0.29, 0.717) is 0 Å². The Hall–Kier alpha value is -0.970. The molecule has 13 heavy (non-hydrogen) atoms. The van der Waals surface area contributed by atoms with E-state index in [9.17, 15) is 13.2 Å². The largest absolute Gasteiger partial charge is 0.417 e. The normalized spacial score (nSPS) is 10.5. The fourth-order valence-electron chi connectivity index (χ4n) is 0.715. The highest BCUT2D eigenvalue weighted by Gasteiger charge is 2.08. The zero-order valence-corrected chi connectivity index (χ0v) is 7.06. The standard InChI is InChI=1S/C7H5ClF3NO/c8-3-5-4(9)1-2-6(12-5)13-7(10)11/h1-2,7H,3H2. The van der Waals surface area contributed by atoms with Crippen molar-refractivity contribution in [1.29, 1.82) is 0 Å². The van der Waals surface area contributed by atoms with Gasteiger partial charge in [-0.25, -0.2) is 9.37 Å². The maximum absolute atomic E-state index is 12.7. The second-order valence-corrected chi connectivity index (χ2v) is 2.36. The van der Waals surface area contributed by atoms with Crippen LogP contribution in [0.15, 0.2) is 12.1 Å². The predicted molar refractivity (Wildman–Crippen MR) is 40.4 cm³/mol. The highest BCUT2D eigenvalue weighted by molar-refractivity contribution is 6.16. The van der Waals surface area contributed by atoms with E-state index >= 15 is 0 Å². The minimum atomic E-state index is -2.97. The van der Waals surface area contributed by atoms with Crippen molar-refractivity contribution in [3.8, 4) is 5.88 Å². The molecule has 0 unspecified atom stereocenters. The van der Waals surface area contributed by atoms with Crippen LogP contribution < -0.4 is 4.74 Å². The van der Waals surface area contributed by atoms with Crippen molar-refractivity contribution in [1.82, 2.24) is 4.98 Å². The Morgan fingerprint density at radius 1 is 1.46 bits per heavy atom. The van der Waals surface area contributed by atoms with Crippen LogP contribution in [0.1, 0.15) is 5.69 Å². The molecule has 1 aromatic rings. The molecule has 0 saturated carbocycles. The number of halogens is 4. The molecule has 0 atom stereocenters. The molecule has 0 aliphatic carbocycles. The molecule has 0 aromatic carbocycles. The molecule has 0 saturated heterocycles. The van der Waals surface area contributed by atoms with Gasteiger partial charge in [-0.05, 0) is 6.07 Å². The van der Waals surface area contributed by atoms with Gasteiger partial charge in [-0.15, -0.1) is 11.6 Å². The summed E-state index contributed by atoms with van der Waals surface area (Å²) in [6, 6.07) is 1.99. The Morgan fingerprint density at radius 3 is 2.69 bits per heavy atom. The van der Waals surface area contributed by atoms with E-state index in [-0.39, 0.29) is 17.5 Å². The summed E-state index contributed by atoms with van der Waals surface area (Å²) < 4.78 is 40.0. The highest BCUT2D eigenvalue weighted by Crippen LogP contribution is 2.15. The van der Waals surface area contributed by atoms with E-state index < -0.39 is 12.4 Å². The van der Waals surface area contributed by atoms with Gasteiger partial charge in [0.25, 0.3) is 0 Å². The molecule has 72 valence electrons. The van der Waals surface area contributed by atoms with Crippen molar-refractivity contribution in [2.75, 3.05) is 0 Å². The number of hydrogen-bond donors (Lipinski definition) is 0. The van der Waals surface area contributed by atoms with E-state index in [1.54, 1.807) is 0 Å². The average Bonchev–Trinajstić information content (AvgIpc) is 2.07. The number of rotatable bonds is 3. The molecule has 0 amide bonds. The summed E-state index contributed by atoms with van der Waals surface area (Å²) in [5, 5.41) is 0. The number of pyridine rings is 1. The van der Waals surface area contributed by atoms with E-state index in [2.05, 4.69) is 9.72 Å². The van der Waals surface area contributed by atoms with Crippen LogP contribution in [-0.2, 0) is 5.88 Å². The number of hydrogen-bond acceptors (Lipinski definition) is 2. The summed E-state index contributed by atoms with van der Waals surface area (Å²) in [6.45, 7) is -2.97. The van der Waals surface area contributed by atoms with E-state index in [1.807, 2.05) is 0 Å². The molecule has 1 heterocycles. The first-order chi connectivity index (χ1) is 6.13. The second-order valence-electron chi connectivity index (χ2n) is 2.09. The van der Waals surface area contributed by atoms with Gasteiger partial charge in [0.15, 0.2) is 0 Å². The van der Waals surface area contributed by atoms with Crippen molar-refractivity contribution in [2.24, 2.45) is 0 Å². The molecule has 0 spiro atoms. The third-order valence-electron chi connectivity index (χ3n) is 1.23. The Balaban J connectivity index is 2.86. The molecule has 0 aliphatic rings. The maximum atomic E-state index is 12.7. The van der Waals surface area contributed by atoms with Crippen molar-refractivity contribution >= 4 is 11.6 Å². The SMILES string of the molecule is Fc1ccc(OC(F)F)nc1CCl. The number of ether oxygens (including phenoxy) is 1. The molecule has 0 bridgehead atoms. The van der Waals surface area contributed by atoms with Gasteiger partial charge in [-0.2, -0.15) is 8.78 Å². The quantitative estimate of drug-likeness (QED) is 0.717. The fraction of sp³-hybridized carbons (Fsp3) is 0.286. The number of nitrogens with zero attached hydrogens (tertiary/aromatic N) is 1. The first kappa shape index (κ1) is 10.1. The molecule has 0 radical (unpaired) electrons. The number of alkyl halides is 3. The fourth-order valence-corrected chi connectivity index (χ4v) is 0.902. The molecule has 0 aliphatic heterocycles. The van der Waals surface area contributed by atoms with Crippen LogP contribution in [-0.4, -0.2) is 11.6 Å². The molecule has 1 aromatic heterocycles. The predicted octanol–water partition coefficient (Wildman–Crippen LogP) is 2.56. The number of aromatic nitrogens is 1. The molecule has 1 rings (SSSR count). The van der Waals surface area contributed by atoms with Gasteiger partial charge in [0.05, 0.1) is 11.6 Å². The van der Waals surface area contributed by atoms with Gasteiger partial charge in [0.2, 0.25) is 5.88 Å². The van der Waals surface area contributed by atoms with Gasteiger partial charge in [0.1, 0.15) is 5.82 Å². The highest BCUT2D eigenvalue weighted by atomic mass is 35.5. The van der Waals surface area contributed by atoms with Crippen molar-refractivity contribution in [3.05, 3.63) is 23.6 Å². The lowest BCUT2D eigenvalue weighted by atomic mass is 10.3. The molecular weight excluding hydrogens is 207 g/mol. The maximum Gasteiger partial charge on any atom is 0.388 e. The minimum Gasteiger partial charge on any atom is -0.417 e. The minimum absolute atomic E-state index is 0.111. The zero-order valence-electron chi connectivity index (χ0n) is 6.31. The van der Waals surface area contributed by atoms with E-state index in [4.69, 9.17) is 11.6 Å². The summed E-state index contributed by atoms with van der Waals surface area (Å²) in [7, 11) is 0. The van der Waals surface area contributed by atoms with Crippen LogP contribution in [0.4, 0.5) is 13.2 Å². The summed E-state index contributed by atoms with van der Waals surface area (Å²) in [4.78, 5) is 3.42. The first-order valence-electron chi connectivity index (χ1n) is 3.29. The van der Waals surface area contributed by atoms with Crippen molar-refractivity contribution < 1.29 is 17.9 Å². The molecular formula is C7H5ClF3NO. The summed E-state index contributed by atoms with van der Waals surface area (Å²) in [6.07, 6.45) is 0. The van der Waals surface area contributed by atoms with Crippen molar-refractivity contribution in [3.63, 3.8) is 0 Å². The van der Waals surface area contributed by atoms with Crippen LogP contribution in [0.5, 0.6) is 5.88 Å². The van der Waals surface area contributed by atoms with Gasteiger partial charge in [0, 0.05) is 6.07 Å². The van der Waals surface area contributed by atoms with Crippen LogP contribution in [0.3, 0.4) is 0 Å². The van der Waals surface area contributed by atoms with Crippen LogP contribution in [0.2, 0.25) is 0 Å². The van der Waals surface area contributed by atoms with Crippen LogP contribution in [0, 0.1) is 5.82 Å². The molecule has 0 fully saturated rings. The lowest BCUT2D eigenvalue weighted by Crippen LogP contribution is -2.05. The first-order valence-corrected chi connectivity index (χ1v) is 3.83. The summed E-state index contributed by atoms with van der Waals surface area (Å²) in [5.74, 6) is -1.17. The third kappa shape index (κ3) is 2.77. The third-order valence-corrected chi connectivity index (χ3v) is 1.48. The second kappa shape index (κ2) is 4.32. The Bertz CT molecular complexity index is 295. The van der Waals surface area contributed by atoms with Crippen LogP contribution >= 0.6 is 11.6 Å². The zero-order chi connectivity index (χ0) is 9.84. The van der Waals surface area contributed by atoms with Crippen LogP contribution in [0.25, 0.3) is 0 Å². The van der Waals surface area contributed by atoms with Gasteiger partial charge >= 0.3 is 6.61 Å². The van der Waals surface area contributed by atoms with Crippen molar-refractivity contribution in [2.45, 2.75) is 12.5 Å². The Morgan fingerprint density at radius 2 is 2.15 bits per heavy atom. The average molecular weight is 212 g/mol. The molecule has 2 nitrogen and oxygen atoms in total. The van der Waals surface area contributed by atoms with Gasteiger partial charge < -0.3 is 4.74 Å². The monoisotopic (exact) mass is 211 g/mol. The topological polar surface area (TPSA) is 22.1 Å². The smallest absolute Gasteiger partial charge is 0.388 e. The lowest BCUT2D eigenvalue weighted by molar-refractivity contribution is -0.0530. The lowest BCUT2D eigenvalue weighted by Gasteiger charge is -2.04. The summed E-state index contributed by atoms with van der Waals surface area (Å²) in [5.41, 5.74) is -0.111. The molecule has 0 N–H and O–H groups in total. The van der Waals surface area contributed by atoms with E-state index in [1.165, 1.54) is 0 Å². The van der Waals surface area contributed by atoms with E-state index in [0.717, 1.165) is 12.1 Å². The Kier molecular flexibility index (Phi) is 3.36. The molecule has 6 heteroatoms. The Labute approximate surface area is 77.3 Å².